The number of hydrogen-bond donors (Lipinski definition) is 4. The number of methoxy groups -OCH3 is 2. The van der Waals surface area contributed by atoms with Gasteiger partial charge in [0.05, 0.1) is 38.2 Å². The van der Waals surface area contributed by atoms with Crippen LogP contribution < -0.4 is 10.6 Å². The van der Waals surface area contributed by atoms with E-state index in [1.165, 1.54) is 14.2 Å². The Morgan fingerprint density at radius 2 is 1.23 bits per heavy atom. The molecule has 0 saturated carbocycles. The molecule has 13 heteroatoms. The fraction of sp³-hybridized carbons (Fsp3) is 0.341. The number of alkyl carbamates (subject to hydrolysis) is 2. The molecule has 4 heterocycles. The van der Waals surface area contributed by atoms with Crippen LogP contribution in [0.3, 0.4) is 0 Å². The van der Waals surface area contributed by atoms with Crippen LogP contribution in [0.25, 0.3) is 33.6 Å². The van der Waals surface area contributed by atoms with E-state index in [1.54, 1.807) is 11.1 Å². The number of benzene rings is 3. The van der Waals surface area contributed by atoms with E-state index < -0.39 is 24.3 Å². The normalized spacial score (nSPS) is 17.6. The second-order valence-corrected chi connectivity index (χ2v) is 14.9. The number of nitrogens with one attached hydrogen (secondary N) is 4. The van der Waals surface area contributed by atoms with Crippen LogP contribution >= 0.6 is 0 Å². The van der Waals surface area contributed by atoms with Crippen LogP contribution in [-0.4, -0.2) is 82.1 Å². The first kappa shape index (κ1) is 38.9. The zero-order valence-electron chi connectivity index (χ0n) is 32.7. The molecule has 2 saturated heterocycles. The molecule has 2 fully saturated rings. The second-order valence-electron chi connectivity index (χ2n) is 14.9. The second kappa shape index (κ2) is 17.2. The van der Waals surface area contributed by atoms with Crippen molar-refractivity contribution in [3.05, 3.63) is 114 Å². The van der Waals surface area contributed by atoms with Crippen LogP contribution in [-0.2, 0) is 19.1 Å². The van der Waals surface area contributed by atoms with E-state index in [2.05, 4.69) is 69.1 Å². The average Bonchev–Trinajstić information content (AvgIpc) is 4.09. The van der Waals surface area contributed by atoms with E-state index in [0.717, 1.165) is 65.0 Å². The molecule has 2 aromatic heterocycles. The summed E-state index contributed by atoms with van der Waals surface area (Å²) in [7, 11) is 2.58. The van der Waals surface area contributed by atoms with Crippen LogP contribution in [0.2, 0.25) is 0 Å². The van der Waals surface area contributed by atoms with Crippen molar-refractivity contribution >= 4 is 24.0 Å². The van der Waals surface area contributed by atoms with Gasteiger partial charge in [0.2, 0.25) is 5.91 Å². The summed E-state index contributed by atoms with van der Waals surface area (Å²) in [6.07, 6.45) is 3.82. The molecule has 2 aliphatic rings. The highest BCUT2D eigenvalue weighted by Gasteiger charge is 2.38. The summed E-state index contributed by atoms with van der Waals surface area (Å²) in [5.74, 6) is 0.303. The maximum Gasteiger partial charge on any atom is 0.407 e. The Morgan fingerprint density at radius 3 is 1.84 bits per heavy atom. The topological polar surface area (TPSA) is 162 Å². The minimum absolute atomic E-state index is 0.0872. The number of likely N-dealkylation sites (tertiary alicyclic amines) is 2. The number of carbonyl (C=O) groups excluding carboxylic acids is 4. The monoisotopic (exact) mass is 771 g/mol. The van der Waals surface area contributed by atoms with Crippen LogP contribution in [0, 0.1) is 5.92 Å². The first-order valence-electron chi connectivity index (χ1n) is 19.4. The lowest BCUT2D eigenvalue weighted by Crippen LogP contribution is -2.51. The SMILES string of the molecule is COC(=O)NC(C(=O)N1CCCC1c1ccc(-c2ccc(-c3ccc(-c4cnc([C@@H]5CCCN5C(=O)[C@@H](NC(=O)OC)c5ccccc5)[nH]4)cc3)cc2)[nH]1)C(C)C. The Balaban J connectivity index is 1.01. The molecule has 2 aliphatic heterocycles. The van der Waals surface area contributed by atoms with Gasteiger partial charge in [-0.2, -0.15) is 0 Å². The van der Waals surface area contributed by atoms with Gasteiger partial charge < -0.3 is 39.9 Å². The molecule has 4 atom stereocenters. The molecule has 0 spiro atoms. The maximum atomic E-state index is 13.9. The number of imidazole rings is 1. The number of H-pyrrole nitrogens is 2. The molecule has 13 nitrogen and oxygen atoms in total. The van der Waals surface area contributed by atoms with Gasteiger partial charge in [0.25, 0.3) is 5.91 Å². The number of rotatable bonds is 11. The minimum atomic E-state index is -0.877. The predicted octanol–water partition coefficient (Wildman–Crippen LogP) is 7.54. The summed E-state index contributed by atoms with van der Waals surface area (Å²) in [5, 5.41) is 5.42. The number of carbonyl (C=O) groups is 4. The average molecular weight is 772 g/mol. The summed E-state index contributed by atoms with van der Waals surface area (Å²) in [6.45, 7) is 5.02. The summed E-state index contributed by atoms with van der Waals surface area (Å²) < 4.78 is 9.59. The molecule has 57 heavy (non-hydrogen) atoms. The van der Waals surface area contributed by atoms with E-state index in [1.807, 2.05) is 61.2 Å². The highest BCUT2D eigenvalue weighted by molar-refractivity contribution is 5.88. The molecule has 296 valence electrons. The third-order valence-electron chi connectivity index (χ3n) is 11.0. The Bertz CT molecular complexity index is 2180. The molecule has 0 radical (unpaired) electrons. The van der Waals surface area contributed by atoms with Crippen molar-refractivity contribution in [2.45, 2.75) is 63.7 Å². The lowest BCUT2D eigenvalue weighted by molar-refractivity contribution is -0.135. The Labute approximate surface area is 332 Å². The number of aromatic nitrogens is 3. The van der Waals surface area contributed by atoms with Crippen molar-refractivity contribution in [1.82, 2.24) is 35.4 Å². The van der Waals surface area contributed by atoms with E-state index in [9.17, 15) is 19.2 Å². The van der Waals surface area contributed by atoms with Crippen molar-refractivity contribution < 1.29 is 28.7 Å². The highest BCUT2D eigenvalue weighted by Crippen LogP contribution is 2.36. The van der Waals surface area contributed by atoms with Gasteiger partial charge in [-0.05, 0) is 71.6 Å². The summed E-state index contributed by atoms with van der Waals surface area (Å²) in [5.41, 5.74) is 7.61. The van der Waals surface area contributed by atoms with Crippen LogP contribution in [0.1, 0.15) is 74.7 Å². The molecule has 3 aromatic carbocycles. The van der Waals surface area contributed by atoms with E-state index in [-0.39, 0.29) is 29.8 Å². The van der Waals surface area contributed by atoms with Gasteiger partial charge in [-0.15, -0.1) is 0 Å². The maximum absolute atomic E-state index is 13.9. The number of amides is 4. The van der Waals surface area contributed by atoms with Crippen molar-refractivity contribution in [1.29, 1.82) is 0 Å². The smallest absolute Gasteiger partial charge is 0.407 e. The van der Waals surface area contributed by atoms with Crippen LogP contribution in [0.4, 0.5) is 9.59 Å². The lowest BCUT2D eigenvalue weighted by atomic mass is 10.0. The summed E-state index contributed by atoms with van der Waals surface area (Å²) in [4.78, 5) is 67.0. The van der Waals surface area contributed by atoms with Crippen molar-refractivity contribution in [2.75, 3.05) is 27.3 Å². The molecule has 5 aromatic rings. The van der Waals surface area contributed by atoms with Gasteiger partial charge in [-0.1, -0.05) is 92.7 Å². The quantitative estimate of drug-likeness (QED) is 0.108. The molecule has 0 aliphatic carbocycles. The largest absolute Gasteiger partial charge is 0.453 e. The summed E-state index contributed by atoms with van der Waals surface area (Å²) in [6, 6.07) is 28.0. The Hall–Kier alpha value is -6.37. The molecule has 7 rings (SSSR count). The standard InChI is InChI=1S/C44H49N7O6/c1-27(2)38(48-43(54)56-3)41(52)50-24-8-12-36(50)34-23-22-33(46-34)30-18-14-28(15-19-30)29-16-20-31(21-17-29)35-26-45-40(47-35)37-13-9-25-51(37)42(53)39(49-44(55)57-4)32-10-6-5-7-11-32/h5-7,10-11,14-23,26-27,36-39,46H,8-9,12-13,24-25H2,1-4H3,(H,45,47)(H,48,54)(H,49,55)/t36?,37-,38?,39-/m0/s1. The lowest BCUT2D eigenvalue weighted by Gasteiger charge is -2.30. The fourth-order valence-electron chi connectivity index (χ4n) is 7.93. The minimum Gasteiger partial charge on any atom is -0.453 e. The van der Waals surface area contributed by atoms with E-state index >= 15 is 0 Å². The predicted molar refractivity (Wildman–Crippen MR) is 216 cm³/mol. The molecular formula is C44H49N7O6. The fourth-order valence-corrected chi connectivity index (χ4v) is 7.93. The van der Waals surface area contributed by atoms with Gasteiger partial charge in [0.15, 0.2) is 0 Å². The van der Waals surface area contributed by atoms with Gasteiger partial charge >= 0.3 is 12.2 Å². The van der Waals surface area contributed by atoms with Gasteiger partial charge in [0, 0.05) is 24.5 Å². The number of nitrogens with zero attached hydrogens (tertiary/aromatic N) is 3. The molecule has 4 amide bonds. The first-order valence-corrected chi connectivity index (χ1v) is 19.4. The van der Waals surface area contributed by atoms with Gasteiger partial charge in [0.1, 0.15) is 17.9 Å². The molecule has 0 bridgehead atoms. The highest BCUT2D eigenvalue weighted by atomic mass is 16.5. The van der Waals surface area contributed by atoms with Gasteiger partial charge in [-0.25, -0.2) is 14.6 Å². The van der Waals surface area contributed by atoms with Crippen molar-refractivity contribution in [3.63, 3.8) is 0 Å². The van der Waals surface area contributed by atoms with Crippen molar-refractivity contribution in [3.8, 4) is 33.6 Å². The number of hydrogen-bond acceptors (Lipinski definition) is 7. The van der Waals surface area contributed by atoms with E-state index in [4.69, 9.17) is 14.5 Å². The third kappa shape index (κ3) is 8.42. The summed E-state index contributed by atoms with van der Waals surface area (Å²) >= 11 is 0. The molecule has 4 N–H and O–H groups in total. The first-order chi connectivity index (χ1) is 27.6. The van der Waals surface area contributed by atoms with Gasteiger partial charge in [-0.3, -0.25) is 9.59 Å². The van der Waals surface area contributed by atoms with Crippen LogP contribution in [0.5, 0.6) is 0 Å². The zero-order valence-corrected chi connectivity index (χ0v) is 32.7. The Morgan fingerprint density at radius 1 is 0.667 bits per heavy atom. The number of aromatic amines is 2. The van der Waals surface area contributed by atoms with Crippen LogP contribution in [0.15, 0.2) is 97.2 Å². The van der Waals surface area contributed by atoms with E-state index in [0.29, 0.717) is 24.5 Å². The van der Waals surface area contributed by atoms with Crippen molar-refractivity contribution in [2.24, 2.45) is 5.92 Å². The molecular weight excluding hydrogens is 723 g/mol. The third-order valence-corrected chi connectivity index (χ3v) is 11.0. The molecule has 2 unspecified atom stereocenters. The zero-order chi connectivity index (χ0) is 40.1. The Kier molecular flexibility index (Phi) is 11.7. The number of ether oxygens (including phenoxy) is 2.